The van der Waals surface area contributed by atoms with Gasteiger partial charge < -0.3 is 0 Å². The summed E-state index contributed by atoms with van der Waals surface area (Å²) in [6, 6.07) is 0. The molecule has 0 aliphatic rings. The quantitative estimate of drug-likeness (QED) is 0.434. The van der Waals surface area contributed by atoms with Crippen LogP contribution in [0.3, 0.4) is 0 Å². The van der Waals surface area contributed by atoms with Gasteiger partial charge in [-0.15, -0.1) is 0 Å². The van der Waals surface area contributed by atoms with Crippen LogP contribution in [0.15, 0.2) is 20.3 Å². The molecule has 0 saturated carbocycles. The van der Waals surface area contributed by atoms with Gasteiger partial charge >= 0.3 is 92.7 Å². The van der Waals surface area contributed by atoms with Crippen LogP contribution in [0.2, 0.25) is 0 Å². The molecule has 0 aromatic rings. The Morgan fingerprint density at radius 1 is 1.07 bits per heavy atom. The van der Waals surface area contributed by atoms with E-state index in [0.29, 0.717) is 0 Å². The average Bonchev–Trinajstić information content (AvgIpc) is 2.22. The van der Waals surface area contributed by atoms with E-state index in [0.717, 1.165) is 0 Å². The Labute approximate surface area is 92.5 Å². The van der Waals surface area contributed by atoms with Crippen molar-refractivity contribution in [1.29, 1.82) is 0 Å². The molecule has 0 aliphatic carbocycles. The van der Waals surface area contributed by atoms with E-state index in [1.807, 2.05) is 0 Å². The summed E-state index contributed by atoms with van der Waals surface area (Å²) in [5.41, 5.74) is 0. The van der Waals surface area contributed by atoms with E-state index in [-0.39, 0.29) is 0 Å². The van der Waals surface area contributed by atoms with Gasteiger partial charge in [-0.3, -0.25) is 0 Å². The summed E-state index contributed by atoms with van der Waals surface area (Å²) in [6.45, 7) is 0. The summed E-state index contributed by atoms with van der Waals surface area (Å²) >= 11 is -2.26. The summed E-state index contributed by atoms with van der Waals surface area (Å²) in [5.74, 6) is -0.862. The van der Waals surface area contributed by atoms with Crippen molar-refractivity contribution in [1.82, 2.24) is 0 Å². The molecule has 0 aliphatic heterocycles. The van der Waals surface area contributed by atoms with Crippen LogP contribution >= 0.6 is 9.29 Å². The maximum absolute atomic E-state index is 10.7. The van der Waals surface area contributed by atoms with Crippen LogP contribution in [0.1, 0.15) is 0 Å². The summed E-state index contributed by atoms with van der Waals surface area (Å²) in [4.78, 5) is 21.3. The van der Waals surface area contributed by atoms with Gasteiger partial charge in [0.05, 0.1) is 0 Å². The molecule has 0 saturated heterocycles. The molecular formula is C8H10O4SSn. The number of hydrogen-bond acceptors (Lipinski definition) is 5. The molecular weight excluding hydrogens is 311 g/mol. The zero-order chi connectivity index (χ0) is 11.0. The number of carbonyl (C=O) groups excluding carboxylic acids is 2. The number of hydrogen-bond donors (Lipinski definition) is 0. The fraction of sp³-hybridized carbons (Fsp3) is 0.250. The van der Waals surface area contributed by atoms with E-state index >= 15 is 0 Å². The Kier molecular flexibility index (Phi) is 7.49. The van der Waals surface area contributed by atoms with Gasteiger partial charge in [0.2, 0.25) is 0 Å². The molecule has 0 unspecified atom stereocenters. The number of carbonyl (C=O) groups is 2. The molecule has 0 aromatic heterocycles. The van der Waals surface area contributed by atoms with Crippen molar-refractivity contribution in [2.45, 2.75) is 0 Å². The van der Waals surface area contributed by atoms with Gasteiger partial charge in [-0.05, 0) is 0 Å². The summed E-state index contributed by atoms with van der Waals surface area (Å²) in [5, 5.41) is 0. The molecule has 0 radical (unpaired) electrons. The molecule has 76 valence electrons. The molecule has 14 heavy (non-hydrogen) atoms. The first-order valence-electron chi connectivity index (χ1n) is 3.66. The fourth-order valence-corrected chi connectivity index (χ4v) is 3.44. The van der Waals surface area contributed by atoms with E-state index in [2.05, 4.69) is 9.47 Å². The van der Waals surface area contributed by atoms with E-state index in [1.165, 1.54) is 26.4 Å². The van der Waals surface area contributed by atoms with Crippen LogP contribution in [0.5, 0.6) is 0 Å². The van der Waals surface area contributed by atoms with Gasteiger partial charge in [0.15, 0.2) is 0 Å². The summed E-state index contributed by atoms with van der Waals surface area (Å²) in [7, 11) is 7.67. The normalized spacial score (nSPS) is 10.4. The van der Waals surface area contributed by atoms with Crippen molar-refractivity contribution < 1.29 is 19.1 Å². The summed E-state index contributed by atoms with van der Waals surface area (Å²) in [6.07, 6.45) is 2.59. The van der Waals surface area contributed by atoms with Gasteiger partial charge in [-0.25, -0.2) is 0 Å². The minimum atomic E-state index is -2.26. The molecule has 6 heteroatoms. The zero-order valence-corrected chi connectivity index (χ0v) is 11.5. The third-order valence-electron chi connectivity index (χ3n) is 1.17. The van der Waals surface area contributed by atoms with Crippen LogP contribution in [0, 0.1) is 0 Å². The number of ether oxygens (including phenoxy) is 2. The third-order valence-corrected chi connectivity index (χ3v) is 5.82. The van der Waals surface area contributed by atoms with Crippen molar-refractivity contribution in [2.24, 2.45) is 0 Å². The number of esters is 2. The zero-order valence-electron chi connectivity index (χ0n) is 7.85. The molecule has 0 N–H and O–H groups in total. The van der Waals surface area contributed by atoms with Crippen molar-refractivity contribution in [3.8, 4) is 0 Å². The Morgan fingerprint density at radius 2 is 1.43 bits per heavy atom. The van der Waals surface area contributed by atoms with Crippen molar-refractivity contribution in [3.05, 3.63) is 20.3 Å². The second-order valence-corrected chi connectivity index (χ2v) is 9.48. The number of methoxy groups -OCH3 is 2. The Hall–Kier alpha value is -0.561. The van der Waals surface area contributed by atoms with E-state index in [4.69, 9.17) is 9.29 Å². The van der Waals surface area contributed by atoms with Gasteiger partial charge in [0, 0.05) is 0 Å². The van der Waals surface area contributed by atoms with E-state index < -0.39 is 29.8 Å². The molecule has 0 atom stereocenters. The van der Waals surface area contributed by atoms with Gasteiger partial charge in [-0.2, -0.15) is 0 Å². The van der Waals surface area contributed by atoms with Crippen LogP contribution < -0.4 is 0 Å². The average molecular weight is 321 g/mol. The SMILES string of the molecule is COC(=O)C=[CH][Sn](=[S])[CH]=CC(=O)OC. The first-order chi connectivity index (χ1) is 6.60. The van der Waals surface area contributed by atoms with E-state index in [9.17, 15) is 9.59 Å². The summed E-state index contributed by atoms with van der Waals surface area (Å²) < 4.78 is 12.1. The van der Waals surface area contributed by atoms with Crippen LogP contribution in [-0.2, 0) is 19.1 Å². The second kappa shape index (κ2) is 7.81. The second-order valence-electron chi connectivity index (χ2n) is 2.12. The molecule has 0 amide bonds. The molecule has 0 spiro atoms. The van der Waals surface area contributed by atoms with E-state index in [1.54, 1.807) is 8.18 Å². The molecule has 0 rings (SSSR count). The molecule has 4 nitrogen and oxygen atoms in total. The first kappa shape index (κ1) is 13.4. The Morgan fingerprint density at radius 3 is 1.71 bits per heavy atom. The van der Waals surface area contributed by atoms with Gasteiger partial charge in [0.25, 0.3) is 0 Å². The fourth-order valence-electron chi connectivity index (χ4n) is 0.492. The molecule has 0 fully saturated rings. The van der Waals surface area contributed by atoms with Gasteiger partial charge in [-0.1, -0.05) is 0 Å². The molecule has 0 bridgehead atoms. The van der Waals surface area contributed by atoms with Gasteiger partial charge in [0.1, 0.15) is 0 Å². The standard InChI is InChI=1S/2C4H5O2.S.Sn/c2*1-3-4(5)6-2;;/h2*1,3H,2H3;;. The first-order valence-corrected chi connectivity index (χ1v) is 10.9. The maximum atomic E-state index is 10.7. The molecule has 0 heterocycles. The Bertz CT molecular complexity index is 268. The monoisotopic (exact) mass is 322 g/mol. The Balaban J connectivity index is 4.11. The molecule has 0 aromatic carbocycles. The topological polar surface area (TPSA) is 52.6 Å². The predicted octanol–water partition coefficient (Wildman–Crippen LogP) is 0.712. The van der Waals surface area contributed by atoms with Crippen molar-refractivity contribution >= 4 is 39.0 Å². The minimum absolute atomic E-state index is 0.431. The van der Waals surface area contributed by atoms with Crippen LogP contribution in [0.4, 0.5) is 0 Å². The van der Waals surface area contributed by atoms with Crippen LogP contribution in [-0.4, -0.2) is 44.0 Å². The van der Waals surface area contributed by atoms with Crippen LogP contribution in [0.25, 0.3) is 0 Å². The van der Waals surface area contributed by atoms with Crippen molar-refractivity contribution in [3.63, 3.8) is 0 Å². The predicted molar refractivity (Wildman–Crippen MR) is 55.7 cm³/mol. The van der Waals surface area contributed by atoms with Crippen molar-refractivity contribution in [2.75, 3.05) is 14.2 Å². The third kappa shape index (κ3) is 6.90. The number of rotatable bonds is 4.